The van der Waals surface area contributed by atoms with Crippen LogP contribution in [0.2, 0.25) is 0 Å². The number of nitrogens with zero attached hydrogens (tertiary/aromatic N) is 1. The van der Waals surface area contributed by atoms with Crippen LogP contribution in [0.5, 0.6) is 0 Å². The maximum absolute atomic E-state index is 12.8. The standard InChI is InChI=1S/C20H24N2O/c1-14-8-10-15(11-9-14)19(22(2)3)20(23)21-18-12-16-6-4-5-7-17(16)13-18/h4-11,18-19H,12-13H2,1-3H3,(H,21,23)/t19-/m1/s1. The molecule has 0 fully saturated rings. The van der Waals surface area contributed by atoms with Crippen LogP contribution in [0.4, 0.5) is 0 Å². The van der Waals surface area contributed by atoms with E-state index in [4.69, 9.17) is 0 Å². The number of hydrogen-bond donors (Lipinski definition) is 1. The SMILES string of the molecule is Cc1ccc([C@H](C(=O)NC2Cc3ccccc3C2)N(C)C)cc1. The maximum Gasteiger partial charge on any atom is 0.242 e. The van der Waals surface area contributed by atoms with Crippen molar-refractivity contribution in [3.05, 3.63) is 70.8 Å². The van der Waals surface area contributed by atoms with Gasteiger partial charge in [-0.3, -0.25) is 9.69 Å². The molecule has 1 aliphatic rings. The van der Waals surface area contributed by atoms with Crippen LogP contribution in [0.25, 0.3) is 0 Å². The second-order valence-corrected chi connectivity index (χ2v) is 6.66. The molecule has 0 unspecified atom stereocenters. The lowest BCUT2D eigenvalue weighted by molar-refractivity contribution is -0.126. The van der Waals surface area contributed by atoms with Crippen LogP contribution >= 0.6 is 0 Å². The second-order valence-electron chi connectivity index (χ2n) is 6.66. The average Bonchev–Trinajstić information content (AvgIpc) is 2.91. The highest BCUT2D eigenvalue weighted by atomic mass is 16.2. The second kappa shape index (κ2) is 6.55. The molecule has 0 saturated carbocycles. The van der Waals surface area contributed by atoms with E-state index in [1.807, 2.05) is 31.1 Å². The summed E-state index contributed by atoms with van der Waals surface area (Å²) in [7, 11) is 3.90. The summed E-state index contributed by atoms with van der Waals surface area (Å²) >= 11 is 0. The summed E-state index contributed by atoms with van der Waals surface area (Å²) in [6, 6.07) is 16.6. The molecular weight excluding hydrogens is 284 g/mol. The number of aryl methyl sites for hydroxylation is 1. The Morgan fingerprint density at radius 1 is 1.04 bits per heavy atom. The lowest BCUT2D eigenvalue weighted by atomic mass is 10.0. The largest absolute Gasteiger partial charge is 0.351 e. The van der Waals surface area contributed by atoms with Gasteiger partial charge < -0.3 is 5.32 Å². The van der Waals surface area contributed by atoms with E-state index in [2.05, 4.69) is 48.6 Å². The first-order valence-corrected chi connectivity index (χ1v) is 8.15. The molecular formula is C20H24N2O. The lowest BCUT2D eigenvalue weighted by Crippen LogP contribution is -2.42. The third-order valence-electron chi connectivity index (χ3n) is 4.56. The van der Waals surface area contributed by atoms with Gasteiger partial charge in [0.1, 0.15) is 6.04 Å². The Morgan fingerprint density at radius 3 is 2.13 bits per heavy atom. The number of hydrogen-bond acceptors (Lipinski definition) is 2. The monoisotopic (exact) mass is 308 g/mol. The van der Waals surface area contributed by atoms with Gasteiger partial charge in [-0.2, -0.15) is 0 Å². The molecule has 120 valence electrons. The molecule has 0 saturated heterocycles. The van der Waals surface area contributed by atoms with Gasteiger partial charge in [-0.05, 0) is 50.6 Å². The Bertz CT molecular complexity index is 666. The first-order chi connectivity index (χ1) is 11.0. The first-order valence-electron chi connectivity index (χ1n) is 8.15. The highest BCUT2D eigenvalue weighted by Gasteiger charge is 2.28. The number of benzene rings is 2. The van der Waals surface area contributed by atoms with E-state index in [0.29, 0.717) is 0 Å². The first kappa shape index (κ1) is 15.8. The molecule has 0 bridgehead atoms. The van der Waals surface area contributed by atoms with Gasteiger partial charge in [-0.15, -0.1) is 0 Å². The average molecular weight is 308 g/mol. The van der Waals surface area contributed by atoms with E-state index in [1.165, 1.54) is 16.7 Å². The molecule has 1 amide bonds. The smallest absolute Gasteiger partial charge is 0.242 e. The molecule has 3 heteroatoms. The summed E-state index contributed by atoms with van der Waals surface area (Å²) in [6.07, 6.45) is 1.85. The van der Waals surface area contributed by atoms with E-state index >= 15 is 0 Å². The molecule has 3 nitrogen and oxygen atoms in total. The molecule has 1 aliphatic carbocycles. The van der Waals surface area contributed by atoms with Crippen molar-refractivity contribution in [1.82, 2.24) is 10.2 Å². The minimum absolute atomic E-state index is 0.0802. The van der Waals surface area contributed by atoms with E-state index in [9.17, 15) is 4.79 Å². The van der Waals surface area contributed by atoms with Crippen LogP contribution in [0.15, 0.2) is 48.5 Å². The molecule has 1 N–H and O–H groups in total. The minimum Gasteiger partial charge on any atom is -0.351 e. The van der Waals surface area contributed by atoms with Gasteiger partial charge in [-0.25, -0.2) is 0 Å². The molecule has 0 radical (unpaired) electrons. The van der Waals surface area contributed by atoms with Crippen molar-refractivity contribution in [2.75, 3.05) is 14.1 Å². The van der Waals surface area contributed by atoms with Gasteiger partial charge >= 0.3 is 0 Å². The summed E-state index contributed by atoms with van der Waals surface area (Å²) in [5.41, 5.74) is 4.95. The third-order valence-corrected chi connectivity index (χ3v) is 4.56. The molecule has 2 aromatic carbocycles. The Balaban J connectivity index is 1.72. The topological polar surface area (TPSA) is 32.3 Å². The quantitative estimate of drug-likeness (QED) is 0.942. The van der Waals surface area contributed by atoms with Crippen LogP contribution < -0.4 is 5.32 Å². The molecule has 0 aromatic heterocycles. The third kappa shape index (κ3) is 3.45. The highest BCUT2D eigenvalue weighted by Crippen LogP contribution is 2.24. The van der Waals surface area contributed by atoms with Crippen molar-refractivity contribution in [3.8, 4) is 0 Å². The zero-order valence-electron chi connectivity index (χ0n) is 14.0. The number of likely N-dealkylation sites (N-methyl/N-ethyl adjacent to an activating group) is 1. The maximum atomic E-state index is 12.8. The van der Waals surface area contributed by atoms with Crippen LogP contribution in [0.3, 0.4) is 0 Å². The summed E-state index contributed by atoms with van der Waals surface area (Å²) in [5.74, 6) is 0.0802. The minimum atomic E-state index is -0.251. The fourth-order valence-corrected chi connectivity index (χ4v) is 3.37. The van der Waals surface area contributed by atoms with Crippen LogP contribution in [-0.2, 0) is 17.6 Å². The van der Waals surface area contributed by atoms with Gasteiger partial charge in [0.05, 0.1) is 0 Å². The van der Waals surface area contributed by atoms with Crippen LogP contribution in [0.1, 0.15) is 28.3 Å². The van der Waals surface area contributed by atoms with Gasteiger partial charge in [0.2, 0.25) is 5.91 Å². The van der Waals surface area contributed by atoms with Crippen molar-refractivity contribution in [2.45, 2.75) is 31.8 Å². The molecule has 23 heavy (non-hydrogen) atoms. The molecule has 3 rings (SSSR count). The summed E-state index contributed by atoms with van der Waals surface area (Å²) < 4.78 is 0. The van der Waals surface area contributed by atoms with Gasteiger partial charge in [-0.1, -0.05) is 54.1 Å². The predicted molar refractivity (Wildman–Crippen MR) is 93.4 cm³/mol. The van der Waals surface area contributed by atoms with Gasteiger partial charge in [0.15, 0.2) is 0 Å². The fourth-order valence-electron chi connectivity index (χ4n) is 3.37. The van der Waals surface area contributed by atoms with Crippen molar-refractivity contribution >= 4 is 5.91 Å². The molecule has 0 heterocycles. The Morgan fingerprint density at radius 2 is 1.61 bits per heavy atom. The zero-order chi connectivity index (χ0) is 16.4. The molecule has 1 atom stereocenters. The van der Waals surface area contributed by atoms with E-state index < -0.39 is 0 Å². The summed E-state index contributed by atoms with van der Waals surface area (Å²) in [4.78, 5) is 14.8. The van der Waals surface area contributed by atoms with E-state index in [0.717, 1.165) is 18.4 Å². The fraction of sp³-hybridized carbons (Fsp3) is 0.350. The van der Waals surface area contributed by atoms with Crippen molar-refractivity contribution in [1.29, 1.82) is 0 Å². The van der Waals surface area contributed by atoms with Crippen LogP contribution in [0, 0.1) is 6.92 Å². The van der Waals surface area contributed by atoms with E-state index in [1.54, 1.807) is 0 Å². The zero-order valence-corrected chi connectivity index (χ0v) is 14.0. The van der Waals surface area contributed by atoms with Crippen LogP contribution in [-0.4, -0.2) is 30.9 Å². The van der Waals surface area contributed by atoms with Gasteiger partial charge in [0.25, 0.3) is 0 Å². The number of rotatable bonds is 4. The summed E-state index contributed by atoms with van der Waals surface area (Å²) in [6.45, 7) is 2.06. The molecule has 0 aliphatic heterocycles. The highest BCUT2D eigenvalue weighted by molar-refractivity contribution is 5.83. The molecule has 2 aromatic rings. The predicted octanol–water partition coefficient (Wildman–Crippen LogP) is 2.88. The lowest BCUT2D eigenvalue weighted by Gasteiger charge is -2.25. The Labute approximate surface area is 138 Å². The van der Waals surface area contributed by atoms with Crippen molar-refractivity contribution in [3.63, 3.8) is 0 Å². The number of amides is 1. The van der Waals surface area contributed by atoms with E-state index in [-0.39, 0.29) is 18.0 Å². The Hall–Kier alpha value is -2.13. The number of nitrogens with one attached hydrogen (secondary N) is 1. The number of fused-ring (bicyclic) bond motifs is 1. The van der Waals surface area contributed by atoms with Gasteiger partial charge in [0, 0.05) is 6.04 Å². The Kier molecular flexibility index (Phi) is 4.49. The van der Waals surface area contributed by atoms with Crippen molar-refractivity contribution in [2.24, 2.45) is 0 Å². The number of carbonyl (C=O) groups excluding carboxylic acids is 1. The normalized spacial score (nSPS) is 15.5. The summed E-state index contributed by atoms with van der Waals surface area (Å²) in [5, 5.41) is 3.24. The number of carbonyl (C=O) groups is 1. The molecule has 0 spiro atoms. The van der Waals surface area contributed by atoms with Crippen molar-refractivity contribution < 1.29 is 4.79 Å².